The topological polar surface area (TPSA) is 66.4 Å². The van der Waals surface area contributed by atoms with Gasteiger partial charge in [0.1, 0.15) is 0 Å². The van der Waals surface area contributed by atoms with Gasteiger partial charge in [0.2, 0.25) is 0 Å². The summed E-state index contributed by atoms with van der Waals surface area (Å²) in [6.07, 6.45) is 1.47. The summed E-state index contributed by atoms with van der Waals surface area (Å²) >= 11 is 0. The van der Waals surface area contributed by atoms with Crippen molar-refractivity contribution in [2.75, 3.05) is 6.61 Å². The van der Waals surface area contributed by atoms with Crippen LogP contribution in [0.3, 0.4) is 0 Å². The monoisotopic (exact) mass is 309 g/mol. The average Bonchev–Trinajstić information content (AvgIpc) is 1.96. The largest absolute Gasteiger partial charge is 2.00 e. The van der Waals surface area contributed by atoms with Gasteiger partial charge < -0.3 is 14.6 Å². The van der Waals surface area contributed by atoms with Crippen molar-refractivity contribution >= 4 is 60.8 Å². The Morgan fingerprint density at radius 1 is 1.38 bits per heavy atom. The Kier molecular flexibility index (Phi) is 10.7. The molecule has 0 aliphatic carbocycles. The van der Waals surface area contributed by atoms with Gasteiger partial charge in [0.25, 0.3) is 0 Å². The van der Waals surface area contributed by atoms with E-state index in [0.29, 0.717) is 6.08 Å². The molecule has 0 bridgehead atoms. The maximum atomic E-state index is 10.7. The summed E-state index contributed by atoms with van der Waals surface area (Å²) in [6.45, 7) is 4.06. The Labute approximate surface area is 117 Å². The Hall–Kier alpha value is 0.251. The van der Waals surface area contributed by atoms with Gasteiger partial charge in [-0.1, -0.05) is 13.8 Å². The van der Waals surface area contributed by atoms with Gasteiger partial charge in [-0.05, 0) is 12.0 Å². The van der Waals surface area contributed by atoms with Gasteiger partial charge in [0.05, 0.1) is 12.6 Å². The smallest absolute Gasteiger partial charge is 0.545 e. The molecule has 0 fully saturated rings. The second-order valence-corrected chi connectivity index (χ2v) is 2.68. The number of carbonyl (C=O) groups excluding carboxylic acids is 2. The van der Waals surface area contributed by atoms with Crippen LogP contribution in [0, 0.1) is 5.92 Å². The Morgan fingerprint density at radius 2 is 1.92 bits per heavy atom. The van der Waals surface area contributed by atoms with Crippen LogP contribution in [0.1, 0.15) is 13.8 Å². The quantitative estimate of drug-likeness (QED) is 0.384. The molecule has 0 heterocycles. The normalized spacial score (nSPS) is 9.77. The Bertz CT molecular complexity index is 198. The van der Waals surface area contributed by atoms with Crippen molar-refractivity contribution in [1.29, 1.82) is 0 Å². The van der Waals surface area contributed by atoms with Crippen LogP contribution >= 0.6 is 0 Å². The third kappa shape index (κ3) is 12.3. The molecule has 0 rings (SSSR count). The van der Waals surface area contributed by atoms with Crippen molar-refractivity contribution < 1.29 is 19.4 Å². The molecule has 4 nitrogen and oxygen atoms in total. The van der Waals surface area contributed by atoms with Gasteiger partial charge in [0, 0.05) is 6.08 Å². The minimum absolute atomic E-state index is 0. The molecule has 13 heavy (non-hydrogen) atoms. The van der Waals surface area contributed by atoms with Crippen LogP contribution in [0.15, 0.2) is 12.2 Å². The SMILES string of the molecule is CC(C)COC(=O)/C=C\C(=O)[O-].[Ba+2]. The molecule has 0 saturated heterocycles. The van der Waals surface area contributed by atoms with E-state index in [9.17, 15) is 14.7 Å². The van der Waals surface area contributed by atoms with Crippen molar-refractivity contribution in [2.45, 2.75) is 13.8 Å². The second kappa shape index (κ2) is 8.83. The summed E-state index contributed by atoms with van der Waals surface area (Å²) in [6, 6.07) is 0. The number of aliphatic carboxylic acids is 1. The van der Waals surface area contributed by atoms with Crippen LogP contribution in [0.4, 0.5) is 0 Å². The molecule has 0 aromatic rings. The van der Waals surface area contributed by atoms with E-state index in [1.165, 1.54) is 0 Å². The standard InChI is InChI=1S/C8H12O4.Ba/c1-6(2)5-12-8(11)4-3-7(9)10;/h3-4,6H,5H2,1-2H3,(H,9,10);/q;+2/p-1/b4-3-;. The average molecular weight is 308 g/mol. The number of hydrogen-bond donors (Lipinski definition) is 0. The molecule has 0 aromatic carbocycles. The summed E-state index contributed by atoms with van der Waals surface area (Å²) in [4.78, 5) is 20.5. The van der Waals surface area contributed by atoms with Crippen LogP contribution in [0.2, 0.25) is 0 Å². The molecular formula is C8H11BaO4+. The number of esters is 1. The van der Waals surface area contributed by atoms with E-state index < -0.39 is 11.9 Å². The van der Waals surface area contributed by atoms with Crippen molar-refractivity contribution in [3.05, 3.63) is 12.2 Å². The number of hydrogen-bond acceptors (Lipinski definition) is 4. The van der Waals surface area contributed by atoms with Crippen LogP contribution < -0.4 is 5.11 Å². The number of rotatable bonds is 4. The Balaban J connectivity index is 0. The number of carboxylic acids is 1. The molecule has 0 atom stereocenters. The maximum Gasteiger partial charge on any atom is 2.00 e. The van der Waals surface area contributed by atoms with Gasteiger partial charge in [-0.25, -0.2) is 4.79 Å². The van der Waals surface area contributed by atoms with E-state index in [2.05, 4.69) is 4.74 Å². The van der Waals surface area contributed by atoms with E-state index in [1.807, 2.05) is 13.8 Å². The number of ether oxygens (including phenoxy) is 1. The first-order chi connectivity index (χ1) is 5.52. The zero-order valence-corrected chi connectivity index (χ0v) is 12.2. The van der Waals surface area contributed by atoms with Crippen molar-refractivity contribution in [3.8, 4) is 0 Å². The second-order valence-electron chi connectivity index (χ2n) is 2.68. The minimum Gasteiger partial charge on any atom is -0.545 e. The summed E-state index contributed by atoms with van der Waals surface area (Å²) in [7, 11) is 0. The van der Waals surface area contributed by atoms with Crippen molar-refractivity contribution in [1.82, 2.24) is 0 Å². The van der Waals surface area contributed by atoms with Gasteiger partial charge in [0.15, 0.2) is 0 Å². The van der Waals surface area contributed by atoms with Crippen molar-refractivity contribution in [3.63, 3.8) is 0 Å². The number of carboxylic acid groups (broad SMARTS) is 1. The molecule has 0 unspecified atom stereocenters. The van der Waals surface area contributed by atoms with Crippen LogP contribution in [-0.2, 0) is 14.3 Å². The first kappa shape index (κ1) is 15.7. The van der Waals surface area contributed by atoms with Gasteiger partial charge in [-0.3, -0.25) is 0 Å². The zero-order valence-electron chi connectivity index (χ0n) is 7.78. The van der Waals surface area contributed by atoms with E-state index >= 15 is 0 Å². The third-order valence-electron chi connectivity index (χ3n) is 0.914. The van der Waals surface area contributed by atoms with E-state index in [-0.39, 0.29) is 61.4 Å². The zero-order chi connectivity index (χ0) is 9.56. The molecular weight excluding hydrogens is 297 g/mol. The first-order valence-corrected chi connectivity index (χ1v) is 3.58. The minimum atomic E-state index is -1.41. The molecule has 0 aromatic heterocycles. The molecule has 0 spiro atoms. The maximum absolute atomic E-state index is 10.7. The first-order valence-electron chi connectivity index (χ1n) is 3.58. The molecule has 68 valence electrons. The van der Waals surface area contributed by atoms with Gasteiger partial charge in [-0.15, -0.1) is 0 Å². The molecule has 0 radical (unpaired) electrons. The molecule has 0 saturated carbocycles. The fourth-order valence-corrected chi connectivity index (χ4v) is 0.433. The van der Waals surface area contributed by atoms with E-state index in [1.54, 1.807) is 0 Å². The summed E-state index contributed by atoms with van der Waals surface area (Å²) < 4.78 is 4.64. The number of carbonyl (C=O) groups is 2. The predicted octanol–water partition coefficient (Wildman–Crippen LogP) is -0.889. The summed E-state index contributed by atoms with van der Waals surface area (Å²) in [5.74, 6) is -1.82. The van der Waals surface area contributed by atoms with Crippen LogP contribution in [-0.4, -0.2) is 67.4 Å². The van der Waals surface area contributed by atoms with E-state index in [0.717, 1.165) is 6.08 Å². The Morgan fingerprint density at radius 3 is 2.31 bits per heavy atom. The molecule has 5 heteroatoms. The van der Waals surface area contributed by atoms with Gasteiger partial charge in [-0.2, -0.15) is 0 Å². The molecule has 0 aliphatic rings. The predicted molar refractivity (Wildman–Crippen MR) is 45.7 cm³/mol. The fourth-order valence-electron chi connectivity index (χ4n) is 0.433. The summed E-state index contributed by atoms with van der Waals surface area (Å²) in [5, 5.41) is 9.84. The van der Waals surface area contributed by atoms with Gasteiger partial charge >= 0.3 is 54.9 Å². The van der Waals surface area contributed by atoms with Crippen molar-refractivity contribution in [2.24, 2.45) is 5.92 Å². The van der Waals surface area contributed by atoms with Crippen LogP contribution in [0.5, 0.6) is 0 Å². The molecule has 0 amide bonds. The fraction of sp³-hybridized carbons (Fsp3) is 0.500. The summed E-state index contributed by atoms with van der Waals surface area (Å²) in [5.41, 5.74) is 0. The molecule has 0 aliphatic heterocycles. The third-order valence-corrected chi connectivity index (χ3v) is 0.914. The van der Waals surface area contributed by atoms with Crippen LogP contribution in [0.25, 0.3) is 0 Å². The molecule has 0 N–H and O–H groups in total. The van der Waals surface area contributed by atoms with E-state index in [4.69, 9.17) is 0 Å².